The van der Waals surface area contributed by atoms with Gasteiger partial charge in [-0.25, -0.2) is 0 Å². The molecule has 0 saturated carbocycles. The number of hydrogen-bond acceptors (Lipinski definition) is 2. The minimum absolute atomic E-state index is 0.421. The largest absolute Gasteiger partial charge is 0.192 e. The predicted octanol–water partition coefficient (Wildman–Crippen LogP) is 3.90. The molecule has 0 fully saturated rings. The van der Waals surface area contributed by atoms with Gasteiger partial charge in [0.2, 0.25) is 0 Å². The van der Waals surface area contributed by atoms with E-state index in [1.165, 1.54) is 0 Å². The Morgan fingerprint density at radius 1 is 1.00 bits per heavy atom. The van der Waals surface area contributed by atoms with Crippen molar-refractivity contribution < 1.29 is 0 Å². The summed E-state index contributed by atoms with van der Waals surface area (Å²) in [6, 6.07) is 16.3. The minimum Gasteiger partial charge on any atom is -0.192 e. The Morgan fingerprint density at radius 3 is 2.47 bits per heavy atom. The molecule has 0 spiro atoms. The van der Waals surface area contributed by atoms with E-state index in [2.05, 4.69) is 21.9 Å². The first kappa shape index (κ1) is 12.3. The zero-order valence-electron chi connectivity index (χ0n) is 9.91. The van der Waals surface area contributed by atoms with Gasteiger partial charge in [-0.3, -0.25) is 0 Å². The normalized spacial score (nSPS) is 8.58. The average Bonchev–Trinajstić information content (AvgIpc) is 2.47. The van der Waals surface area contributed by atoms with Crippen LogP contribution >= 0.6 is 0 Å². The van der Waals surface area contributed by atoms with Crippen LogP contribution in [0.15, 0.2) is 53.6 Å². The van der Waals surface area contributed by atoms with Crippen LogP contribution in [0.4, 0.5) is 5.69 Å². The lowest BCUT2D eigenvalue weighted by Gasteiger charge is -1.97. The maximum atomic E-state index is 8.87. The first-order chi connectivity index (χ1) is 9.33. The highest BCUT2D eigenvalue weighted by Gasteiger charge is 1.99. The van der Waals surface area contributed by atoms with E-state index in [-0.39, 0.29) is 0 Å². The van der Waals surface area contributed by atoms with Crippen molar-refractivity contribution in [3.05, 3.63) is 75.7 Å². The zero-order valence-corrected chi connectivity index (χ0v) is 9.91. The van der Waals surface area contributed by atoms with Crippen LogP contribution in [0.3, 0.4) is 0 Å². The lowest BCUT2D eigenvalue weighted by Crippen LogP contribution is -1.80. The van der Waals surface area contributed by atoms with E-state index in [1.54, 1.807) is 18.2 Å². The first-order valence-corrected chi connectivity index (χ1v) is 5.50. The molecule has 4 heteroatoms. The summed E-state index contributed by atoms with van der Waals surface area (Å²) in [5.74, 6) is 5.89. The van der Waals surface area contributed by atoms with Crippen molar-refractivity contribution in [2.24, 2.45) is 5.11 Å². The van der Waals surface area contributed by atoms with Gasteiger partial charge in [0.05, 0.1) is 17.3 Å². The molecule has 0 aliphatic heterocycles. The van der Waals surface area contributed by atoms with E-state index < -0.39 is 0 Å². The van der Waals surface area contributed by atoms with Gasteiger partial charge >= 0.3 is 0 Å². The van der Waals surface area contributed by atoms with Crippen LogP contribution in [-0.2, 0) is 0 Å². The SMILES string of the molecule is N#Cc1ccc(N=[N+]=[N-])c(C#Cc2ccccc2)c1. The summed E-state index contributed by atoms with van der Waals surface area (Å²) < 4.78 is 0. The van der Waals surface area contributed by atoms with Crippen LogP contribution in [0.25, 0.3) is 10.4 Å². The van der Waals surface area contributed by atoms with Crippen LogP contribution < -0.4 is 0 Å². The van der Waals surface area contributed by atoms with Crippen LogP contribution in [-0.4, -0.2) is 0 Å². The molecule has 0 aromatic heterocycles. The second-order valence-electron chi connectivity index (χ2n) is 3.65. The third kappa shape index (κ3) is 3.14. The zero-order chi connectivity index (χ0) is 13.5. The van der Waals surface area contributed by atoms with Gasteiger partial charge < -0.3 is 0 Å². The van der Waals surface area contributed by atoms with E-state index in [1.807, 2.05) is 36.4 Å². The van der Waals surface area contributed by atoms with Crippen LogP contribution in [0.2, 0.25) is 0 Å². The molecule has 2 rings (SSSR count). The summed E-state index contributed by atoms with van der Waals surface area (Å²) in [7, 11) is 0. The molecular formula is C15H8N4. The smallest absolute Gasteiger partial charge is 0.0992 e. The van der Waals surface area contributed by atoms with Crippen molar-refractivity contribution in [2.75, 3.05) is 0 Å². The molecule has 0 heterocycles. The topological polar surface area (TPSA) is 72.5 Å². The lowest BCUT2D eigenvalue weighted by molar-refractivity contribution is 1.42. The maximum absolute atomic E-state index is 8.87. The molecule has 19 heavy (non-hydrogen) atoms. The van der Waals surface area contributed by atoms with Crippen LogP contribution in [0, 0.1) is 23.2 Å². The van der Waals surface area contributed by atoms with Crippen molar-refractivity contribution in [2.45, 2.75) is 0 Å². The fourth-order valence-corrected chi connectivity index (χ4v) is 1.50. The van der Waals surface area contributed by atoms with Crippen molar-refractivity contribution in [3.8, 4) is 17.9 Å². The van der Waals surface area contributed by atoms with Crippen molar-refractivity contribution in [1.82, 2.24) is 0 Å². The third-order valence-corrected chi connectivity index (χ3v) is 2.39. The monoisotopic (exact) mass is 244 g/mol. The van der Waals surface area contributed by atoms with E-state index in [9.17, 15) is 0 Å². The predicted molar refractivity (Wildman–Crippen MR) is 72.4 cm³/mol. The van der Waals surface area contributed by atoms with Crippen LogP contribution in [0.1, 0.15) is 16.7 Å². The molecule has 0 bridgehead atoms. The van der Waals surface area contributed by atoms with E-state index >= 15 is 0 Å². The Kier molecular flexibility index (Phi) is 3.83. The molecule has 0 amide bonds. The fraction of sp³-hybridized carbons (Fsp3) is 0. The lowest BCUT2D eigenvalue weighted by atomic mass is 10.1. The van der Waals surface area contributed by atoms with Gasteiger partial charge in [0.1, 0.15) is 0 Å². The number of hydrogen-bond donors (Lipinski definition) is 0. The van der Waals surface area contributed by atoms with Gasteiger partial charge in [-0.05, 0) is 29.8 Å². The molecule has 0 aliphatic carbocycles. The Hall–Kier alpha value is -3.20. The van der Waals surface area contributed by atoms with Crippen molar-refractivity contribution in [1.29, 1.82) is 5.26 Å². The summed E-state index contributed by atoms with van der Waals surface area (Å²) in [6.07, 6.45) is 0. The minimum atomic E-state index is 0.421. The molecule has 0 aliphatic rings. The molecule has 2 aromatic carbocycles. The van der Waals surface area contributed by atoms with Gasteiger partial charge in [-0.2, -0.15) is 5.26 Å². The summed E-state index contributed by atoms with van der Waals surface area (Å²) in [6.45, 7) is 0. The molecule has 0 N–H and O–H groups in total. The molecule has 0 radical (unpaired) electrons. The molecule has 88 valence electrons. The molecular weight excluding hydrogens is 236 g/mol. The first-order valence-electron chi connectivity index (χ1n) is 5.50. The Balaban J connectivity index is 2.47. The Labute approximate surface area is 110 Å². The number of benzene rings is 2. The van der Waals surface area contributed by atoms with Gasteiger partial charge in [0.15, 0.2) is 0 Å². The summed E-state index contributed by atoms with van der Waals surface area (Å²) in [5, 5.41) is 12.4. The average molecular weight is 244 g/mol. The maximum Gasteiger partial charge on any atom is 0.0992 e. The molecule has 0 saturated heterocycles. The van der Waals surface area contributed by atoms with Gasteiger partial charge in [-0.15, -0.1) is 0 Å². The summed E-state index contributed by atoms with van der Waals surface area (Å²) in [4.78, 5) is 2.75. The van der Waals surface area contributed by atoms with E-state index in [0.717, 1.165) is 5.56 Å². The molecule has 4 nitrogen and oxygen atoms in total. The Bertz CT molecular complexity index is 739. The highest BCUT2D eigenvalue weighted by molar-refractivity contribution is 5.59. The highest BCUT2D eigenvalue weighted by Crippen LogP contribution is 2.20. The second kappa shape index (κ2) is 5.93. The van der Waals surface area contributed by atoms with E-state index in [4.69, 9.17) is 10.8 Å². The van der Waals surface area contributed by atoms with E-state index in [0.29, 0.717) is 16.8 Å². The highest BCUT2D eigenvalue weighted by atomic mass is 15.1. The van der Waals surface area contributed by atoms with Crippen molar-refractivity contribution in [3.63, 3.8) is 0 Å². The van der Waals surface area contributed by atoms with Crippen LogP contribution in [0.5, 0.6) is 0 Å². The second-order valence-corrected chi connectivity index (χ2v) is 3.65. The van der Waals surface area contributed by atoms with Crippen molar-refractivity contribution >= 4 is 5.69 Å². The molecule has 0 unspecified atom stereocenters. The number of nitrogens with zero attached hydrogens (tertiary/aromatic N) is 4. The summed E-state index contributed by atoms with van der Waals surface area (Å²) >= 11 is 0. The standard InChI is InChI=1S/C15H8N4/c16-11-13-7-9-15(18-19-17)14(10-13)8-6-12-4-2-1-3-5-12/h1-5,7,9-10H. The molecule has 2 aromatic rings. The van der Waals surface area contributed by atoms with Gasteiger partial charge in [0.25, 0.3) is 0 Å². The Morgan fingerprint density at radius 2 is 1.79 bits per heavy atom. The number of rotatable bonds is 1. The van der Waals surface area contributed by atoms with Gasteiger partial charge in [0, 0.05) is 16.0 Å². The quantitative estimate of drug-likeness (QED) is 0.324. The van der Waals surface area contributed by atoms with Gasteiger partial charge in [-0.1, -0.05) is 41.2 Å². The summed E-state index contributed by atoms with van der Waals surface area (Å²) in [5.41, 5.74) is 10.8. The number of nitriles is 1. The molecule has 0 atom stereocenters. The fourth-order valence-electron chi connectivity index (χ4n) is 1.50. The number of azide groups is 1. The third-order valence-electron chi connectivity index (χ3n) is 2.39.